The molecule has 6 heteroatoms. The Morgan fingerprint density at radius 2 is 1.96 bits per heavy atom. The molecule has 28 heavy (non-hydrogen) atoms. The Morgan fingerprint density at radius 1 is 1.21 bits per heavy atom. The summed E-state index contributed by atoms with van der Waals surface area (Å²) in [6.45, 7) is 8.35. The van der Waals surface area contributed by atoms with E-state index in [0.717, 1.165) is 62.8 Å². The van der Waals surface area contributed by atoms with E-state index in [1.165, 1.54) is 5.56 Å². The molecule has 1 aromatic heterocycles. The lowest BCUT2D eigenvalue weighted by atomic mass is 9.76. The second-order valence-corrected chi connectivity index (χ2v) is 7.64. The molecule has 0 spiro atoms. The minimum absolute atomic E-state index is 0.112. The number of hydrogen-bond donors (Lipinski definition) is 2. The predicted octanol–water partition coefficient (Wildman–Crippen LogP) is 3.08. The third-order valence-corrected chi connectivity index (χ3v) is 6.12. The van der Waals surface area contributed by atoms with Gasteiger partial charge in [0.2, 0.25) is 0 Å². The van der Waals surface area contributed by atoms with Gasteiger partial charge < -0.3 is 10.6 Å². The van der Waals surface area contributed by atoms with E-state index in [4.69, 9.17) is 0 Å². The van der Waals surface area contributed by atoms with Gasteiger partial charge in [0.25, 0.3) is 0 Å². The number of aromatic nitrogens is 3. The molecule has 0 saturated carbocycles. The number of benzene rings is 1. The van der Waals surface area contributed by atoms with Crippen LogP contribution in [0.15, 0.2) is 35.3 Å². The molecule has 152 valence electrons. The zero-order chi connectivity index (χ0) is 20.0. The van der Waals surface area contributed by atoms with Gasteiger partial charge in [-0.05, 0) is 24.8 Å². The molecule has 1 atom stereocenters. The molecule has 2 heterocycles. The van der Waals surface area contributed by atoms with Crippen LogP contribution in [0.1, 0.15) is 57.2 Å². The zero-order valence-electron chi connectivity index (χ0n) is 17.7. The summed E-state index contributed by atoms with van der Waals surface area (Å²) in [4.78, 5) is 9.08. The van der Waals surface area contributed by atoms with Crippen molar-refractivity contribution in [2.75, 3.05) is 13.6 Å². The molecule has 6 nitrogen and oxygen atoms in total. The Balaban J connectivity index is 1.63. The third-order valence-electron chi connectivity index (χ3n) is 6.12. The van der Waals surface area contributed by atoms with Crippen LogP contribution in [0.5, 0.6) is 0 Å². The summed E-state index contributed by atoms with van der Waals surface area (Å²) in [6.07, 6.45) is 5.07. The molecular weight excluding hydrogens is 348 g/mol. The summed E-state index contributed by atoms with van der Waals surface area (Å²) in [6, 6.07) is 11.1. The number of hydrogen-bond acceptors (Lipinski definition) is 3. The Morgan fingerprint density at radius 3 is 2.61 bits per heavy atom. The van der Waals surface area contributed by atoms with Gasteiger partial charge in [0.15, 0.2) is 11.8 Å². The van der Waals surface area contributed by atoms with Crippen molar-refractivity contribution in [2.24, 2.45) is 4.99 Å². The summed E-state index contributed by atoms with van der Waals surface area (Å²) in [5, 5.41) is 11.8. The van der Waals surface area contributed by atoms with E-state index >= 15 is 0 Å². The standard InChI is InChI=1S/C22H34N6/c1-5-19-26-20-14-13-18(15-28(20)27-19)25-21(23-4)24-16-22(6-2,7-3)17-11-9-8-10-12-17/h8-12,18H,5-7,13-16H2,1-4H3,(H2,23,24,25). The lowest BCUT2D eigenvalue weighted by molar-refractivity contribution is 0.375. The quantitative estimate of drug-likeness (QED) is 0.570. The first-order valence-corrected chi connectivity index (χ1v) is 10.6. The number of fused-ring (bicyclic) bond motifs is 1. The van der Waals surface area contributed by atoms with Gasteiger partial charge in [0, 0.05) is 37.9 Å². The van der Waals surface area contributed by atoms with Crippen LogP contribution >= 0.6 is 0 Å². The highest BCUT2D eigenvalue weighted by atomic mass is 15.4. The zero-order valence-corrected chi connectivity index (χ0v) is 17.7. The average molecular weight is 383 g/mol. The summed E-state index contributed by atoms with van der Waals surface area (Å²) < 4.78 is 2.06. The number of rotatable bonds is 7. The number of aryl methyl sites for hydroxylation is 2. The lowest BCUT2D eigenvalue weighted by Gasteiger charge is -2.34. The molecule has 1 aromatic carbocycles. The lowest BCUT2D eigenvalue weighted by Crippen LogP contribution is -2.50. The number of nitrogens with one attached hydrogen (secondary N) is 2. The van der Waals surface area contributed by atoms with Crippen molar-refractivity contribution in [1.82, 2.24) is 25.4 Å². The summed E-state index contributed by atoms with van der Waals surface area (Å²) >= 11 is 0. The largest absolute Gasteiger partial charge is 0.356 e. The Kier molecular flexibility index (Phi) is 6.70. The Labute approximate surface area is 168 Å². The molecule has 0 amide bonds. The number of aliphatic imine (C=N–C) groups is 1. The normalized spacial score (nSPS) is 17.3. The molecule has 0 fully saturated rings. The van der Waals surface area contributed by atoms with Crippen molar-refractivity contribution in [1.29, 1.82) is 0 Å². The second kappa shape index (κ2) is 9.22. The summed E-state index contributed by atoms with van der Waals surface area (Å²) in [5.41, 5.74) is 1.50. The molecule has 2 aromatic rings. The maximum atomic E-state index is 4.61. The van der Waals surface area contributed by atoms with Crippen LogP contribution < -0.4 is 10.6 Å². The van der Waals surface area contributed by atoms with Crippen LogP contribution in [0.3, 0.4) is 0 Å². The third kappa shape index (κ3) is 4.37. The first-order chi connectivity index (χ1) is 13.6. The molecule has 1 aliphatic rings. The van der Waals surface area contributed by atoms with Gasteiger partial charge >= 0.3 is 0 Å². The van der Waals surface area contributed by atoms with E-state index in [1.54, 1.807) is 0 Å². The molecule has 0 bridgehead atoms. The van der Waals surface area contributed by atoms with Crippen molar-refractivity contribution >= 4 is 5.96 Å². The number of nitrogens with zero attached hydrogens (tertiary/aromatic N) is 4. The molecule has 2 N–H and O–H groups in total. The van der Waals surface area contributed by atoms with Crippen molar-refractivity contribution < 1.29 is 0 Å². The highest BCUT2D eigenvalue weighted by Gasteiger charge is 2.29. The van der Waals surface area contributed by atoms with E-state index in [1.807, 2.05) is 7.05 Å². The summed E-state index contributed by atoms with van der Waals surface area (Å²) in [5.74, 6) is 2.92. The highest BCUT2D eigenvalue weighted by molar-refractivity contribution is 5.80. The van der Waals surface area contributed by atoms with Crippen LogP contribution in [-0.2, 0) is 24.8 Å². The summed E-state index contributed by atoms with van der Waals surface area (Å²) in [7, 11) is 1.84. The predicted molar refractivity (Wildman–Crippen MR) is 115 cm³/mol. The highest BCUT2D eigenvalue weighted by Crippen LogP contribution is 2.30. The number of guanidine groups is 1. The fourth-order valence-electron chi connectivity index (χ4n) is 4.07. The van der Waals surface area contributed by atoms with E-state index in [-0.39, 0.29) is 5.41 Å². The fourth-order valence-corrected chi connectivity index (χ4v) is 4.07. The van der Waals surface area contributed by atoms with Crippen molar-refractivity contribution in [3.05, 3.63) is 47.5 Å². The van der Waals surface area contributed by atoms with E-state index in [2.05, 4.69) is 81.5 Å². The molecule has 1 aliphatic heterocycles. The fraction of sp³-hybridized carbons (Fsp3) is 0.591. The SMILES string of the molecule is CCc1nc2n(n1)CC(NC(=NC)NCC(CC)(CC)c1ccccc1)CC2. The maximum absolute atomic E-state index is 4.61. The minimum atomic E-state index is 0.112. The Hall–Kier alpha value is -2.37. The first-order valence-electron chi connectivity index (χ1n) is 10.6. The van der Waals surface area contributed by atoms with E-state index in [9.17, 15) is 0 Å². The topological polar surface area (TPSA) is 67.1 Å². The van der Waals surface area contributed by atoms with Gasteiger partial charge in [-0.1, -0.05) is 51.1 Å². The van der Waals surface area contributed by atoms with Gasteiger partial charge in [0.1, 0.15) is 5.82 Å². The average Bonchev–Trinajstić information content (AvgIpc) is 3.17. The van der Waals surface area contributed by atoms with E-state index in [0.29, 0.717) is 6.04 Å². The molecular formula is C22H34N6. The van der Waals surface area contributed by atoms with Crippen LogP contribution in [-0.4, -0.2) is 40.4 Å². The van der Waals surface area contributed by atoms with Gasteiger partial charge in [-0.15, -0.1) is 0 Å². The smallest absolute Gasteiger partial charge is 0.191 e. The minimum Gasteiger partial charge on any atom is -0.356 e. The van der Waals surface area contributed by atoms with Gasteiger partial charge in [-0.25, -0.2) is 9.67 Å². The van der Waals surface area contributed by atoms with Crippen LogP contribution in [0, 0.1) is 0 Å². The second-order valence-electron chi connectivity index (χ2n) is 7.64. The molecule has 0 aliphatic carbocycles. The van der Waals surface area contributed by atoms with Crippen LogP contribution in [0.25, 0.3) is 0 Å². The molecule has 3 rings (SSSR count). The van der Waals surface area contributed by atoms with Gasteiger partial charge in [-0.3, -0.25) is 4.99 Å². The van der Waals surface area contributed by atoms with Gasteiger partial charge in [0.05, 0.1) is 6.54 Å². The van der Waals surface area contributed by atoms with E-state index < -0.39 is 0 Å². The van der Waals surface area contributed by atoms with Crippen molar-refractivity contribution in [2.45, 2.75) is 70.9 Å². The Bertz CT molecular complexity index is 776. The molecule has 0 radical (unpaired) electrons. The van der Waals surface area contributed by atoms with Crippen molar-refractivity contribution in [3.63, 3.8) is 0 Å². The molecule has 1 unspecified atom stereocenters. The van der Waals surface area contributed by atoms with Gasteiger partial charge in [-0.2, -0.15) is 5.10 Å². The van der Waals surface area contributed by atoms with Crippen molar-refractivity contribution in [3.8, 4) is 0 Å². The van der Waals surface area contributed by atoms with Crippen LogP contribution in [0.2, 0.25) is 0 Å². The monoisotopic (exact) mass is 382 g/mol. The molecule has 0 saturated heterocycles. The van der Waals surface area contributed by atoms with Crippen LogP contribution in [0.4, 0.5) is 0 Å². The maximum Gasteiger partial charge on any atom is 0.191 e. The first kappa shape index (κ1) is 20.4.